The monoisotopic (exact) mass is 285 g/mol. The minimum Gasteiger partial charge on any atom is -0.465 e. The van der Waals surface area contributed by atoms with Gasteiger partial charge in [-0.05, 0) is 37.1 Å². The summed E-state index contributed by atoms with van der Waals surface area (Å²) in [5.41, 5.74) is 0.546. The maximum atomic E-state index is 13.7. The quantitative estimate of drug-likeness (QED) is 0.786. The van der Waals surface area contributed by atoms with E-state index >= 15 is 0 Å². The molecule has 1 aliphatic rings. The number of furan rings is 1. The lowest BCUT2D eigenvalue weighted by Crippen LogP contribution is -2.31. The number of rotatable bonds is 5. The third kappa shape index (κ3) is 3.40. The predicted molar refractivity (Wildman–Crippen MR) is 77.7 cm³/mol. The summed E-state index contributed by atoms with van der Waals surface area (Å²) in [5.74, 6) is 0.244. The fourth-order valence-corrected chi connectivity index (χ4v) is 2.22. The molecule has 0 bridgehead atoms. The fourth-order valence-electron chi connectivity index (χ4n) is 2.22. The van der Waals surface area contributed by atoms with E-state index in [0.29, 0.717) is 17.9 Å². The van der Waals surface area contributed by atoms with Crippen LogP contribution in [0.3, 0.4) is 0 Å². The van der Waals surface area contributed by atoms with Gasteiger partial charge in [-0.25, -0.2) is 4.39 Å². The second-order valence-electron chi connectivity index (χ2n) is 5.14. The topological polar surface area (TPSA) is 33.5 Å². The first-order valence-corrected chi connectivity index (χ1v) is 6.99. The second-order valence-corrected chi connectivity index (χ2v) is 5.14. The SMILES string of the molecule is O=C(/C=C/c1ccco1)N(Cc1ccccc1F)C1CC1. The van der Waals surface area contributed by atoms with Crippen LogP contribution in [0.2, 0.25) is 0 Å². The van der Waals surface area contributed by atoms with Gasteiger partial charge in [-0.1, -0.05) is 18.2 Å². The molecule has 3 nitrogen and oxygen atoms in total. The zero-order valence-corrected chi connectivity index (χ0v) is 11.5. The van der Waals surface area contributed by atoms with Gasteiger partial charge in [-0.3, -0.25) is 4.79 Å². The van der Waals surface area contributed by atoms with Gasteiger partial charge in [0.05, 0.1) is 6.26 Å². The Bertz CT molecular complexity index is 645. The van der Waals surface area contributed by atoms with Gasteiger partial charge in [0, 0.05) is 24.2 Å². The molecule has 0 aliphatic heterocycles. The molecule has 1 aromatic heterocycles. The Morgan fingerprint density at radius 3 is 2.76 bits per heavy atom. The molecule has 0 N–H and O–H groups in total. The smallest absolute Gasteiger partial charge is 0.247 e. The first-order chi connectivity index (χ1) is 10.2. The van der Waals surface area contributed by atoms with E-state index < -0.39 is 0 Å². The van der Waals surface area contributed by atoms with Gasteiger partial charge in [-0.15, -0.1) is 0 Å². The highest BCUT2D eigenvalue weighted by atomic mass is 19.1. The van der Waals surface area contributed by atoms with Crippen LogP contribution in [-0.4, -0.2) is 16.8 Å². The summed E-state index contributed by atoms with van der Waals surface area (Å²) < 4.78 is 18.9. The summed E-state index contributed by atoms with van der Waals surface area (Å²) >= 11 is 0. The van der Waals surface area contributed by atoms with Gasteiger partial charge in [-0.2, -0.15) is 0 Å². The Morgan fingerprint density at radius 1 is 1.29 bits per heavy atom. The number of benzene rings is 1. The normalized spacial score (nSPS) is 14.5. The molecule has 0 spiro atoms. The van der Waals surface area contributed by atoms with Gasteiger partial charge in [0.25, 0.3) is 0 Å². The fraction of sp³-hybridized carbons (Fsp3) is 0.235. The van der Waals surface area contributed by atoms with E-state index in [1.807, 2.05) is 0 Å². The highest BCUT2D eigenvalue weighted by Gasteiger charge is 2.31. The van der Waals surface area contributed by atoms with E-state index in [4.69, 9.17) is 4.42 Å². The van der Waals surface area contributed by atoms with Gasteiger partial charge in [0.15, 0.2) is 0 Å². The Kier molecular flexibility index (Phi) is 3.86. The van der Waals surface area contributed by atoms with Crippen LogP contribution in [0.25, 0.3) is 6.08 Å². The van der Waals surface area contributed by atoms with Crippen LogP contribution in [0.15, 0.2) is 53.2 Å². The van der Waals surface area contributed by atoms with Gasteiger partial charge < -0.3 is 9.32 Å². The van der Waals surface area contributed by atoms with Gasteiger partial charge >= 0.3 is 0 Å². The first kappa shape index (κ1) is 13.6. The molecular weight excluding hydrogens is 269 g/mol. The Morgan fingerprint density at radius 2 is 2.10 bits per heavy atom. The molecule has 1 aliphatic carbocycles. The van der Waals surface area contributed by atoms with E-state index in [9.17, 15) is 9.18 Å². The lowest BCUT2D eigenvalue weighted by atomic mass is 10.2. The largest absolute Gasteiger partial charge is 0.465 e. The summed E-state index contributed by atoms with van der Waals surface area (Å²) in [4.78, 5) is 14.0. The van der Waals surface area contributed by atoms with Gasteiger partial charge in [0.1, 0.15) is 11.6 Å². The van der Waals surface area contributed by atoms with Crippen molar-refractivity contribution < 1.29 is 13.6 Å². The van der Waals surface area contributed by atoms with Crippen molar-refractivity contribution in [3.8, 4) is 0 Å². The van der Waals surface area contributed by atoms with Crippen LogP contribution >= 0.6 is 0 Å². The molecular formula is C17H16FNO2. The van der Waals surface area contributed by atoms with E-state index in [2.05, 4.69) is 0 Å². The van der Waals surface area contributed by atoms with Crippen LogP contribution in [0, 0.1) is 5.82 Å². The Hall–Kier alpha value is -2.36. The van der Waals surface area contributed by atoms with Crippen molar-refractivity contribution in [2.24, 2.45) is 0 Å². The number of hydrogen-bond acceptors (Lipinski definition) is 2. The molecule has 4 heteroatoms. The summed E-state index contributed by atoms with van der Waals surface area (Å²) in [6.07, 6.45) is 6.64. The predicted octanol–water partition coefficient (Wildman–Crippen LogP) is 3.62. The van der Waals surface area contributed by atoms with Crippen LogP contribution in [-0.2, 0) is 11.3 Å². The van der Waals surface area contributed by atoms with Crippen molar-refractivity contribution in [1.82, 2.24) is 4.90 Å². The molecule has 21 heavy (non-hydrogen) atoms. The molecule has 0 radical (unpaired) electrons. The maximum Gasteiger partial charge on any atom is 0.247 e. The van der Waals surface area contributed by atoms with E-state index in [1.54, 1.807) is 47.6 Å². The minimum atomic E-state index is -0.272. The summed E-state index contributed by atoms with van der Waals surface area (Å²) in [5, 5.41) is 0. The Balaban J connectivity index is 1.72. The molecule has 1 amide bonds. The molecule has 108 valence electrons. The third-order valence-corrected chi connectivity index (χ3v) is 3.50. The van der Waals surface area contributed by atoms with E-state index in [1.165, 1.54) is 12.1 Å². The standard InChI is InChI=1S/C17H16FNO2/c18-16-6-2-1-4-13(16)12-19(14-7-8-14)17(20)10-9-15-5-3-11-21-15/h1-6,9-11,14H,7-8,12H2/b10-9+. The van der Waals surface area contributed by atoms with Crippen molar-refractivity contribution in [1.29, 1.82) is 0 Å². The molecule has 1 aromatic carbocycles. The number of amides is 1. The van der Waals surface area contributed by atoms with Crippen LogP contribution < -0.4 is 0 Å². The molecule has 2 aromatic rings. The second kappa shape index (κ2) is 5.95. The summed E-state index contributed by atoms with van der Waals surface area (Å²) in [6, 6.07) is 10.3. The lowest BCUT2D eigenvalue weighted by Gasteiger charge is -2.21. The third-order valence-electron chi connectivity index (χ3n) is 3.50. The maximum absolute atomic E-state index is 13.7. The molecule has 0 saturated heterocycles. The molecule has 0 unspecified atom stereocenters. The average molecular weight is 285 g/mol. The highest BCUT2D eigenvalue weighted by molar-refractivity contribution is 5.91. The zero-order valence-electron chi connectivity index (χ0n) is 11.5. The van der Waals surface area contributed by atoms with E-state index in [0.717, 1.165) is 12.8 Å². The summed E-state index contributed by atoms with van der Waals surface area (Å²) in [6.45, 7) is 0.304. The average Bonchev–Trinajstić information content (AvgIpc) is 3.19. The zero-order chi connectivity index (χ0) is 14.7. The highest BCUT2D eigenvalue weighted by Crippen LogP contribution is 2.29. The molecule has 0 atom stereocenters. The van der Waals surface area contributed by atoms with Crippen molar-refractivity contribution in [3.05, 3.63) is 65.9 Å². The van der Waals surface area contributed by atoms with Crippen LogP contribution in [0.4, 0.5) is 4.39 Å². The van der Waals surface area contributed by atoms with Crippen molar-refractivity contribution >= 4 is 12.0 Å². The lowest BCUT2D eigenvalue weighted by molar-refractivity contribution is -0.127. The van der Waals surface area contributed by atoms with Crippen LogP contribution in [0.1, 0.15) is 24.2 Å². The molecule has 1 fully saturated rings. The number of nitrogens with zero attached hydrogens (tertiary/aromatic N) is 1. The summed E-state index contributed by atoms with van der Waals surface area (Å²) in [7, 11) is 0. The van der Waals surface area contributed by atoms with Gasteiger partial charge in [0.2, 0.25) is 5.91 Å². The Labute approximate surface area is 122 Å². The number of carbonyl (C=O) groups excluding carboxylic acids is 1. The van der Waals surface area contributed by atoms with Crippen molar-refractivity contribution in [3.63, 3.8) is 0 Å². The molecule has 1 saturated carbocycles. The molecule has 1 heterocycles. The van der Waals surface area contributed by atoms with Crippen molar-refractivity contribution in [2.45, 2.75) is 25.4 Å². The number of carbonyl (C=O) groups is 1. The number of hydrogen-bond donors (Lipinski definition) is 0. The number of halogens is 1. The van der Waals surface area contributed by atoms with E-state index in [-0.39, 0.29) is 17.8 Å². The van der Waals surface area contributed by atoms with Crippen LogP contribution in [0.5, 0.6) is 0 Å². The molecule has 3 rings (SSSR count). The van der Waals surface area contributed by atoms with Crippen molar-refractivity contribution in [2.75, 3.05) is 0 Å². The first-order valence-electron chi connectivity index (χ1n) is 6.99. The minimum absolute atomic E-state index is 0.114.